The number of ketones is 1. The monoisotopic (exact) mass is 744 g/mol. The number of carbonyl (C=O) groups is 5. The zero-order chi connectivity index (χ0) is 38.9. The Morgan fingerprint density at radius 1 is 0.981 bits per heavy atom. The number of fused-ring (bicyclic) bond motifs is 2. The van der Waals surface area contributed by atoms with Gasteiger partial charge in [-0.2, -0.15) is 0 Å². The summed E-state index contributed by atoms with van der Waals surface area (Å²) in [7, 11) is 0. The first-order valence-corrected chi connectivity index (χ1v) is 20.0. The first-order valence-electron chi connectivity index (χ1n) is 20.0. The predicted molar refractivity (Wildman–Crippen MR) is 207 cm³/mol. The van der Waals surface area contributed by atoms with Crippen LogP contribution in [0.15, 0.2) is 43.1 Å². The molecule has 2 heterocycles. The number of nitrogens with one attached hydrogen (secondary N) is 4. The molecular weight excluding hydrogens is 684 g/mol. The second-order valence-electron chi connectivity index (χ2n) is 18.0. The Bertz CT molecular complexity index is 1750. The van der Waals surface area contributed by atoms with Gasteiger partial charge in [-0.25, -0.2) is 4.79 Å². The van der Waals surface area contributed by atoms with Crippen molar-refractivity contribution >= 4 is 40.3 Å². The molecule has 1 unspecified atom stereocenters. The van der Waals surface area contributed by atoms with E-state index in [0.717, 1.165) is 62.1 Å². The summed E-state index contributed by atoms with van der Waals surface area (Å²) in [6.07, 6.45) is 11.2. The van der Waals surface area contributed by atoms with Crippen LogP contribution < -0.4 is 21.3 Å². The highest BCUT2D eigenvalue weighted by atomic mass is 16.3. The van der Waals surface area contributed by atoms with Crippen LogP contribution in [0.25, 0.3) is 10.8 Å². The van der Waals surface area contributed by atoms with Crippen LogP contribution in [0.2, 0.25) is 0 Å². The van der Waals surface area contributed by atoms with E-state index in [1.807, 2.05) is 51.2 Å². The van der Waals surface area contributed by atoms with Crippen molar-refractivity contribution in [2.24, 2.45) is 34.5 Å². The molecule has 1 aliphatic heterocycles. The number of likely N-dealkylation sites (tertiary alicyclic amines) is 1. The molecule has 54 heavy (non-hydrogen) atoms. The Hall–Kier alpha value is -4.35. The fourth-order valence-corrected chi connectivity index (χ4v) is 9.21. The van der Waals surface area contributed by atoms with Crippen LogP contribution in [0, 0.1) is 34.5 Å². The first kappa shape index (κ1) is 39.3. The number of hydrogen-bond donors (Lipinski definition) is 5. The van der Waals surface area contributed by atoms with E-state index in [4.69, 9.17) is 0 Å². The van der Waals surface area contributed by atoms with Crippen molar-refractivity contribution in [3.8, 4) is 5.88 Å². The van der Waals surface area contributed by atoms with Crippen molar-refractivity contribution in [2.45, 2.75) is 123 Å². The van der Waals surface area contributed by atoms with Crippen LogP contribution >= 0.6 is 0 Å². The smallest absolute Gasteiger partial charge is 0.315 e. The molecule has 4 aliphatic rings. The summed E-state index contributed by atoms with van der Waals surface area (Å²) in [6.45, 7) is 14.7. The number of aromatic nitrogens is 1. The van der Waals surface area contributed by atoms with Crippen LogP contribution in [-0.2, 0) is 25.7 Å². The van der Waals surface area contributed by atoms with Gasteiger partial charge in [0.25, 0.3) is 5.91 Å². The maximum Gasteiger partial charge on any atom is 0.315 e. The third-order valence-corrected chi connectivity index (χ3v) is 13.0. The lowest BCUT2D eigenvalue weighted by molar-refractivity contribution is -0.145. The van der Waals surface area contributed by atoms with Gasteiger partial charge in [-0.3, -0.25) is 19.2 Å². The van der Waals surface area contributed by atoms with Crippen molar-refractivity contribution in [1.29, 1.82) is 0 Å². The van der Waals surface area contributed by atoms with Gasteiger partial charge >= 0.3 is 6.03 Å². The number of Topliss-reactive ketones (excluding diaryl/α,β-unsaturated/α-hetero) is 1. The van der Waals surface area contributed by atoms with Gasteiger partial charge in [0.1, 0.15) is 12.1 Å². The third kappa shape index (κ3) is 8.17. The number of rotatable bonds is 14. The van der Waals surface area contributed by atoms with Crippen molar-refractivity contribution in [3.63, 3.8) is 0 Å². The fourth-order valence-electron chi connectivity index (χ4n) is 9.21. The molecule has 1 aromatic heterocycles. The highest BCUT2D eigenvalue weighted by Gasteiger charge is 2.69. The van der Waals surface area contributed by atoms with Crippen molar-refractivity contribution in [3.05, 3.63) is 43.1 Å². The van der Waals surface area contributed by atoms with Gasteiger partial charge in [-0.15, -0.1) is 6.58 Å². The van der Waals surface area contributed by atoms with Gasteiger partial charge in [0.2, 0.25) is 17.6 Å². The Morgan fingerprint density at radius 2 is 1.69 bits per heavy atom. The van der Waals surface area contributed by atoms with Gasteiger partial charge in [0, 0.05) is 36.6 Å². The lowest BCUT2D eigenvalue weighted by Gasteiger charge is -2.38. The van der Waals surface area contributed by atoms with Gasteiger partial charge in [-0.1, -0.05) is 97.4 Å². The maximum absolute atomic E-state index is 14.8. The second-order valence-corrected chi connectivity index (χ2v) is 18.0. The maximum atomic E-state index is 14.8. The van der Waals surface area contributed by atoms with Crippen LogP contribution in [0.4, 0.5) is 4.79 Å². The summed E-state index contributed by atoms with van der Waals surface area (Å²) >= 11 is 0. The quantitative estimate of drug-likeness (QED) is 0.135. The highest BCUT2D eigenvalue weighted by Crippen LogP contribution is 2.65. The molecule has 3 saturated carbocycles. The zero-order valence-corrected chi connectivity index (χ0v) is 32.7. The van der Waals surface area contributed by atoms with Gasteiger partial charge in [-0.05, 0) is 59.8 Å². The fraction of sp³-hybridized carbons (Fsp3) is 0.643. The number of benzene rings is 1. The molecule has 4 fully saturated rings. The number of hydrogen-bond acceptors (Lipinski definition) is 6. The lowest BCUT2D eigenvalue weighted by Crippen LogP contribution is -2.61. The number of nitrogens with zero attached hydrogens (tertiary/aromatic N) is 2. The molecule has 1 aromatic carbocycles. The minimum Gasteiger partial charge on any atom is -0.494 e. The van der Waals surface area contributed by atoms with E-state index in [1.54, 1.807) is 9.47 Å². The minimum absolute atomic E-state index is 0.0981. The summed E-state index contributed by atoms with van der Waals surface area (Å²) in [4.78, 5) is 70.9. The second kappa shape index (κ2) is 15.8. The van der Waals surface area contributed by atoms with Crippen molar-refractivity contribution in [2.75, 3.05) is 13.1 Å². The molecule has 0 radical (unpaired) electrons. The van der Waals surface area contributed by atoms with E-state index in [-0.39, 0.29) is 47.4 Å². The molecule has 3 aliphatic carbocycles. The predicted octanol–water partition coefficient (Wildman–Crippen LogP) is 5.04. The molecule has 0 spiro atoms. The normalized spacial score (nSPS) is 24.0. The Morgan fingerprint density at radius 3 is 2.31 bits per heavy atom. The molecule has 5 N–H and O–H groups in total. The molecule has 294 valence electrons. The molecule has 5 amide bonds. The third-order valence-electron chi connectivity index (χ3n) is 13.0. The van der Waals surface area contributed by atoms with Gasteiger partial charge < -0.3 is 35.8 Å². The summed E-state index contributed by atoms with van der Waals surface area (Å²) in [5, 5.41) is 24.3. The number of carbonyl (C=O) groups excluding carboxylic acids is 5. The van der Waals surface area contributed by atoms with Crippen LogP contribution in [0.5, 0.6) is 5.88 Å². The van der Waals surface area contributed by atoms with Crippen LogP contribution in [0.3, 0.4) is 0 Å². The summed E-state index contributed by atoms with van der Waals surface area (Å²) in [5.74, 6) is -1.88. The molecule has 6 atom stereocenters. The van der Waals surface area contributed by atoms with Crippen LogP contribution in [0.1, 0.15) is 92.4 Å². The molecule has 2 aromatic rings. The Labute approximate surface area is 319 Å². The van der Waals surface area contributed by atoms with E-state index >= 15 is 0 Å². The summed E-state index contributed by atoms with van der Waals surface area (Å²) in [6, 6.07) is 4.04. The molecule has 12 nitrogen and oxygen atoms in total. The van der Waals surface area contributed by atoms with Gasteiger partial charge in [0.05, 0.1) is 12.1 Å². The molecular formula is C42H60N6O6. The number of urea groups is 1. The topological polar surface area (TPSA) is 162 Å². The molecule has 6 rings (SSSR count). The summed E-state index contributed by atoms with van der Waals surface area (Å²) < 4.78 is 1.75. The van der Waals surface area contributed by atoms with E-state index in [1.165, 1.54) is 6.08 Å². The average Bonchev–Trinajstić information content (AvgIpc) is 3.40. The Balaban J connectivity index is 1.21. The highest BCUT2D eigenvalue weighted by molar-refractivity contribution is 6.38. The number of piperidine rings is 1. The minimum atomic E-state index is -0.991. The van der Waals surface area contributed by atoms with Crippen LogP contribution in [-0.4, -0.2) is 81.4 Å². The Kier molecular flexibility index (Phi) is 11.5. The molecule has 12 heteroatoms. The van der Waals surface area contributed by atoms with E-state index < -0.39 is 53.2 Å². The van der Waals surface area contributed by atoms with Crippen molar-refractivity contribution < 1.29 is 29.1 Å². The largest absolute Gasteiger partial charge is 0.494 e. The van der Waals surface area contributed by atoms with E-state index in [9.17, 15) is 29.1 Å². The van der Waals surface area contributed by atoms with E-state index in [2.05, 4.69) is 41.7 Å². The lowest BCUT2D eigenvalue weighted by atomic mass is 9.80. The molecule has 0 bridgehead atoms. The number of aromatic hydroxyl groups is 1. The number of amides is 5. The molecule has 1 saturated heterocycles. The SMILES string of the molecule is C=CCNC(=O)C(=O)C(CC1CCC1)NC(=O)[C@@H]1[C@@H]2[C@H](CN1C(=O)[C@@H](NC(=O)N[C@H](Cn1cc3ccccc3c1O)C(C)(C)C)C1CCCCC1)C2(C)C. The van der Waals surface area contributed by atoms with Gasteiger partial charge in [0.15, 0.2) is 5.88 Å². The zero-order valence-electron chi connectivity index (χ0n) is 32.7. The van der Waals surface area contributed by atoms with Crippen molar-refractivity contribution in [1.82, 2.24) is 30.7 Å². The van der Waals surface area contributed by atoms with E-state index in [0.29, 0.717) is 19.5 Å². The first-order chi connectivity index (χ1) is 25.6. The summed E-state index contributed by atoms with van der Waals surface area (Å²) in [5.41, 5.74) is -0.570. The standard InChI is InChI=1S/C42H60N6O6/c1-7-20-43-37(51)35(49)30(21-25-14-13-15-25)44-36(50)34-32-29(42(32,5)6)23-48(34)39(53)33(26-16-9-8-10-17-26)46-40(54)45-31(41(2,3)4)24-47-22-27-18-11-12-19-28(27)38(47)52/h7,11-12,18-19,22,25-26,29-34,52H,1,8-10,13-17,20-21,23-24H2,2-6H3,(H,43,51)(H,44,50)(H2,45,46,54)/t29-,30?,31+,32-,33-,34-/m0/s1. The average molecular weight is 745 g/mol.